The first-order valence-electron chi connectivity index (χ1n) is 30.4. The molecule has 4 saturated heterocycles. The molecule has 0 aliphatic carbocycles. The number of urea groups is 1. The number of imidazole rings is 1. The van der Waals surface area contributed by atoms with Crippen LogP contribution in [0.2, 0.25) is 5.02 Å². The number of aromatic nitrogens is 3. The van der Waals surface area contributed by atoms with Crippen molar-refractivity contribution in [3.05, 3.63) is 183 Å². The molecule has 4 fully saturated rings. The van der Waals surface area contributed by atoms with Gasteiger partial charge in [-0.15, -0.1) is 0 Å². The van der Waals surface area contributed by atoms with Gasteiger partial charge in [0.25, 0.3) is 0 Å². The maximum atomic E-state index is 13.8. The van der Waals surface area contributed by atoms with Crippen LogP contribution in [0.4, 0.5) is 4.79 Å². The van der Waals surface area contributed by atoms with Crippen molar-refractivity contribution in [2.45, 2.75) is 127 Å². The van der Waals surface area contributed by atoms with Crippen molar-refractivity contribution in [1.29, 1.82) is 0 Å². The average molecular weight is 1520 g/mol. The Morgan fingerprint density at radius 3 is 1.83 bits per heavy atom. The first kappa shape index (κ1) is 74.9. The molecule has 2 aromatic heterocycles. The molecule has 34 nitrogen and oxygen atoms in total. The lowest BCUT2D eigenvalue weighted by molar-refractivity contribution is -0.153. The molecule has 11 unspecified atom stereocenters. The molecule has 0 spiro atoms. The lowest BCUT2D eigenvalue weighted by Gasteiger charge is -2.33. The molecule has 6 aliphatic rings. The summed E-state index contributed by atoms with van der Waals surface area (Å²) < 4.78 is 155. The van der Waals surface area contributed by atoms with E-state index >= 15 is 0 Å². The molecular formula is C58H68ClN5O29P6. The van der Waals surface area contributed by atoms with E-state index in [9.17, 15) is 66.3 Å². The minimum absolute atomic E-state index is 0.265. The summed E-state index contributed by atoms with van der Waals surface area (Å²) in [5, 5.41) is 3.23. The van der Waals surface area contributed by atoms with Gasteiger partial charge < -0.3 is 62.5 Å². The summed E-state index contributed by atoms with van der Waals surface area (Å²) in [6.45, 7) is 4.41. The quantitative estimate of drug-likeness (QED) is 0.0225. The first-order valence-corrected chi connectivity index (χ1v) is 39.7. The van der Waals surface area contributed by atoms with Crippen LogP contribution in [0.3, 0.4) is 0 Å². The second kappa shape index (κ2) is 31.0. The van der Waals surface area contributed by atoms with Crippen LogP contribution < -0.4 is 11.0 Å². The first-order chi connectivity index (χ1) is 46.8. The normalized spacial score (nSPS) is 27.7. The number of ether oxygens (including phenoxy) is 7. The molecular weight excluding hydrogens is 1450 g/mol. The van der Waals surface area contributed by atoms with Crippen LogP contribution in [0.1, 0.15) is 62.1 Å². The number of fused-ring (bicyclic) bond motifs is 4. The standard InChI is InChI=1S/C29H33ClN3O14P3.C29H35N2O15P3/c1-2-16-41-48(35,36)46-50(39,40)47-49(37,38)42-18-23-26-27(45-25(44-26)13-12-19-8-4-3-5-9-19)28(43-23)32-15-14-24-31-22(17-33(24)29(32)34)20-10-6-7-11-21(20)30;1-17(2)44-48(35,36)46-49(37,38)45-47(33,34)39-16-23-25-26(43-24(42-25)13-19-9-5-4-6-10-19)28(41-23)31-15-21-14-22(40-27(21)30-29(31)32)20-11-7-8-18(3)12-20/h3-11,14-15,17,23,25-28H,2,12-13,16,18H2,1H3,(H,35,36)(H,37,38)(H,39,40);4-12,14-15,17,23-28H,13,16H2,1-3H3,(H,30,32)(H,33,34)(H,35,36)(H,37,38)/t23-,25?,26?,27+,28-;23-,24?,25?,26+,27?,28-/m11/s1. The Bertz CT molecular complexity index is 4340. The molecule has 4 aromatic carbocycles. The number of hydrogen-bond donors (Lipinski definition) is 7. The van der Waals surface area contributed by atoms with Gasteiger partial charge in [0.1, 0.15) is 48.0 Å². The van der Waals surface area contributed by atoms with E-state index in [1.165, 1.54) is 40.1 Å². The van der Waals surface area contributed by atoms with E-state index in [1.54, 1.807) is 49.5 Å². The van der Waals surface area contributed by atoms with Crippen LogP contribution in [-0.2, 0) is 109 Å². The predicted molar refractivity (Wildman–Crippen MR) is 345 cm³/mol. The number of carbonyl (C=O) groups excluding carboxylic acids is 1. The summed E-state index contributed by atoms with van der Waals surface area (Å²) in [7, 11) is -32.5. The van der Waals surface area contributed by atoms with Gasteiger partial charge in [-0.1, -0.05) is 121 Å². The Morgan fingerprint density at radius 2 is 1.20 bits per heavy atom. The fourth-order valence-corrected chi connectivity index (χ4v) is 18.7. The van der Waals surface area contributed by atoms with Gasteiger partial charge in [0.15, 0.2) is 25.0 Å². The summed E-state index contributed by atoms with van der Waals surface area (Å²) in [4.78, 5) is 92.4. The van der Waals surface area contributed by atoms with Crippen LogP contribution in [0.5, 0.6) is 0 Å². The number of phosphoric ester groups is 4. The molecule has 12 rings (SSSR count). The second-order valence-corrected chi connectivity index (χ2v) is 32.7. The molecule has 7 N–H and O–H groups in total. The smallest absolute Gasteiger partial charge is 0.466 e. The zero-order chi connectivity index (χ0) is 70.8. The van der Waals surface area contributed by atoms with Gasteiger partial charge in [-0.05, 0) is 69.0 Å². The van der Waals surface area contributed by atoms with E-state index in [1.807, 2.05) is 91.9 Å². The Labute approximate surface area is 569 Å². The fraction of sp³-hybridized carbons (Fsp3) is 0.397. The topological polar surface area (TPSA) is 434 Å². The molecule has 8 heterocycles. The SMILES string of the molecule is CCCOP(=O)(O)OP(=O)(O)OP(=O)(O)OC[C@H]1O[C@@H](n2ccc3nc(-c4ccccc4Cl)cn3c2=O)[C@H]2OC(CCc3ccccc3)OC12.Cc1cccc(C2=CC3=CN([C@@H]4O[C@H](COP(=O)(O)OP(=O)(O)OP(=O)(O)OC(C)C)C5OC(Cc6ccccc6)O[C@@H]54)C(=O)NC3O2)c1. The Balaban J connectivity index is 0.000000200. The van der Waals surface area contributed by atoms with Crippen LogP contribution in [0.25, 0.3) is 22.7 Å². The van der Waals surface area contributed by atoms with Crippen molar-refractivity contribution in [2.24, 2.45) is 0 Å². The lowest BCUT2D eigenvalue weighted by Crippen LogP contribution is -2.54. The highest BCUT2D eigenvalue weighted by Crippen LogP contribution is 2.69. The molecule has 41 heteroatoms. The van der Waals surface area contributed by atoms with Gasteiger partial charge in [0, 0.05) is 48.1 Å². The maximum Gasteiger partial charge on any atom is 0.490 e. The van der Waals surface area contributed by atoms with E-state index in [2.05, 4.69) is 36.6 Å². The van der Waals surface area contributed by atoms with E-state index in [0.717, 1.165) is 22.3 Å². The van der Waals surface area contributed by atoms with Gasteiger partial charge in [-0.3, -0.25) is 37.3 Å². The van der Waals surface area contributed by atoms with E-state index in [4.69, 9.17) is 53.8 Å². The highest BCUT2D eigenvalue weighted by Gasteiger charge is 2.58. The molecule has 6 aliphatic heterocycles. The van der Waals surface area contributed by atoms with Gasteiger partial charge in [-0.25, -0.2) is 42.0 Å². The number of hydrogen-bond acceptors (Lipinski definition) is 24. The van der Waals surface area contributed by atoms with Gasteiger partial charge in [0.05, 0.1) is 36.6 Å². The van der Waals surface area contributed by atoms with Crippen molar-refractivity contribution >= 4 is 76.0 Å². The minimum atomic E-state index is -5.67. The van der Waals surface area contributed by atoms with E-state index < -0.39 is 146 Å². The Kier molecular flexibility index (Phi) is 23.4. The van der Waals surface area contributed by atoms with Crippen LogP contribution in [0.15, 0.2) is 150 Å². The number of nitrogens with one attached hydrogen (secondary N) is 1. The average Bonchev–Trinajstić information content (AvgIpc) is 1.61. The third-order valence-electron chi connectivity index (χ3n) is 15.2. The van der Waals surface area contributed by atoms with Gasteiger partial charge >= 0.3 is 58.7 Å². The summed E-state index contributed by atoms with van der Waals surface area (Å²) in [6.07, 6.45) is -3.59. The molecule has 0 saturated carbocycles. The number of rotatable bonds is 28. The highest BCUT2D eigenvalue weighted by atomic mass is 35.5. The number of aryl methyl sites for hydroxylation is 2. The highest BCUT2D eigenvalue weighted by molar-refractivity contribution is 7.67. The summed E-state index contributed by atoms with van der Waals surface area (Å²) >= 11 is 6.35. The number of benzene rings is 4. The molecule has 17 atom stereocenters. The summed E-state index contributed by atoms with van der Waals surface area (Å²) in [6, 6.07) is 34.6. The number of amides is 2. The number of nitrogens with zero attached hydrogens (tertiary/aromatic N) is 4. The van der Waals surface area contributed by atoms with Crippen LogP contribution in [0, 0.1) is 6.92 Å². The molecule has 536 valence electrons. The molecule has 99 heavy (non-hydrogen) atoms. The van der Waals surface area contributed by atoms with Crippen LogP contribution >= 0.6 is 58.5 Å². The third kappa shape index (κ3) is 19.1. The predicted octanol–water partition coefficient (Wildman–Crippen LogP) is 9.69. The summed E-state index contributed by atoms with van der Waals surface area (Å²) in [5.74, 6) is 0.555. The Hall–Kier alpha value is -5.28. The van der Waals surface area contributed by atoms with E-state index in [-0.39, 0.29) is 13.0 Å². The molecule has 0 radical (unpaired) electrons. The minimum Gasteiger partial charge on any atom is -0.466 e. The summed E-state index contributed by atoms with van der Waals surface area (Å²) in [5.41, 5.74) is 5.25. The fourth-order valence-electron chi connectivity index (χ4n) is 11.1. The van der Waals surface area contributed by atoms with Crippen molar-refractivity contribution in [3.8, 4) is 11.3 Å². The monoisotopic (exact) mass is 1520 g/mol. The molecule has 0 bridgehead atoms. The van der Waals surface area contributed by atoms with E-state index in [0.29, 0.717) is 52.5 Å². The van der Waals surface area contributed by atoms with Crippen molar-refractivity contribution in [3.63, 3.8) is 0 Å². The lowest BCUT2D eigenvalue weighted by atomic mass is 10.1. The number of halogens is 1. The largest absolute Gasteiger partial charge is 0.490 e. The zero-order valence-corrected chi connectivity index (χ0v) is 58.7. The van der Waals surface area contributed by atoms with Gasteiger partial charge in [-0.2, -0.15) is 17.2 Å². The number of phosphoric acid groups is 6. The van der Waals surface area contributed by atoms with Gasteiger partial charge in [0.2, 0.25) is 6.23 Å². The second-order valence-electron chi connectivity index (χ2n) is 23.0. The van der Waals surface area contributed by atoms with Crippen molar-refractivity contribution < 1.29 is 130 Å². The number of carbonyl (C=O) groups is 1. The third-order valence-corrected chi connectivity index (χ3v) is 24.2. The van der Waals surface area contributed by atoms with Crippen molar-refractivity contribution in [1.82, 2.24) is 24.2 Å². The Morgan fingerprint density at radius 1 is 0.636 bits per heavy atom. The molecule has 2 amide bonds. The zero-order valence-electron chi connectivity index (χ0n) is 52.6. The molecule has 6 aromatic rings. The maximum absolute atomic E-state index is 13.8. The van der Waals surface area contributed by atoms with Crippen molar-refractivity contribution in [2.75, 3.05) is 19.8 Å². The van der Waals surface area contributed by atoms with Crippen LogP contribution in [-0.4, -0.2) is 142 Å².